The van der Waals surface area contributed by atoms with Crippen molar-refractivity contribution in [3.8, 4) is 0 Å². The fourth-order valence-corrected chi connectivity index (χ4v) is 2.11. The average molecular weight is 317 g/mol. The molecule has 1 N–H and O–H groups in total. The molecule has 2 aromatic rings. The molecule has 0 aliphatic carbocycles. The van der Waals surface area contributed by atoms with Gasteiger partial charge < -0.3 is 9.30 Å². The minimum Gasteiger partial charge on any atom is -0.444 e. The number of carbonyl (C=O) groups excluding carboxylic acids is 1. The minimum atomic E-state index is -0.541. The third kappa shape index (κ3) is 5.05. The van der Waals surface area contributed by atoms with Gasteiger partial charge in [-0.25, -0.2) is 9.78 Å². The Kier molecular flexibility index (Phi) is 4.98. The molecule has 1 unspecified atom stereocenters. The second-order valence-corrected chi connectivity index (χ2v) is 6.56. The number of aryl methyl sites for hydroxylation is 1. The number of carbonyl (C=O) groups is 1. The van der Waals surface area contributed by atoms with Crippen molar-refractivity contribution >= 4 is 11.9 Å². The summed E-state index contributed by atoms with van der Waals surface area (Å²) in [5, 5.41) is 10.6. The van der Waals surface area contributed by atoms with E-state index in [2.05, 4.69) is 27.4 Å². The molecular weight excluding hydrogens is 294 g/mol. The first-order chi connectivity index (χ1) is 10.7. The third-order valence-corrected chi connectivity index (χ3v) is 3.28. The van der Waals surface area contributed by atoms with E-state index in [1.807, 2.05) is 44.5 Å². The van der Waals surface area contributed by atoms with Crippen LogP contribution in [0.25, 0.3) is 0 Å². The summed E-state index contributed by atoms with van der Waals surface area (Å²) in [6, 6.07) is 3.78. The molecule has 0 aliphatic rings. The number of hydrogen-bond donors (Lipinski definition) is 1. The number of rotatable bonds is 4. The van der Waals surface area contributed by atoms with E-state index in [4.69, 9.17) is 4.74 Å². The van der Waals surface area contributed by atoms with Gasteiger partial charge in [-0.05, 0) is 44.4 Å². The van der Waals surface area contributed by atoms with Crippen molar-refractivity contribution in [3.63, 3.8) is 0 Å². The number of ether oxygens (including phenoxy) is 1. The summed E-state index contributed by atoms with van der Waals surface area (Å²) >= 11 is 0. The van der Waals surface area contributed by atoms with Crippen LogP contribution in [0.5, 0.6) is 0 Å². The summed E-state index contributed by atoms with van der Waals surface area (Å²) in [4.78, 5) is 16.0. The molecule has 1 atom stereocenters. The van der Waals surface area contributed by atoms with Gasteiger partial charge in [0.2, 0.25) is 0 Å². The molecule has 7 nitrogen and oxygen atoms in total. The molecule has 0 aliphatic heterocycles. The van der Waals surface area contributed by atoms with Gasteiger partial charge in [0.25, 0.3) is 0 Å². The Morgan fingerprint density at radius 2 is 2.17 bits per heavy atom. The second-order valence-electron chi connectivity index (χ2n) is 6.56. The maximum Gasteiger partial charge on any atom is 0.413 e. The fraction of sp³-hybridized carbons (Fsp3) is 0.500. The smallest absolute Gasteiger partial charge is 0.413 e. The van der Waals surface area contributed by atoms with Crippen molar-refractivity contribution < 1.29 is 9.53 Å². The predicted molar refractivity (Wildman–Crippen MR) is 87.2 cm³/mol. The summed E-state index contributed by atoms with van der Waals surface area (Å²) in [5.74, 6) is 1.61. The first-order valence-corrected chi connectivity index (χ1v) is 7.53. The molecule has 0 saturated carbocycles. The summed E-state index contributed by atoms with van der Waals surface area (Å²) in [6.45, 7) is 7.56. The highest BCUT2D eigenvalue weighted by Gasteiger charge is 2.17. The van der Waals surface area contributed by atoms with E-state index in [9.17, 15) is 4.79 Å². The van der Waals surface area contributed by atoms with Crippen molar-refractivity contribution in [2.24, 2.45) is 7.05 Å². The molecule has 2 heterocycles. The Labute approximate surface area is 136 Å². The number of nitrogens with one attached hydrogen (secondary N) is 1. The zero-order valence-electron chi connectivity index (χ0n) is 14.2. The Bertz CT molecular complexity index is 675. The minimum absolute atomic E-state index is 0.222. The van der Waals surface area contributed by atoms with Crippen molar-refractivity contribution in [3.05, 3.63) is 36.0 Å². The molecule has 1 amide bonds. The second kappa shape index (κ2) is 6.76. The highest BCUT2D eigenvalue weighted by atomic mass is 16.6. The van der Waals surface area contributed by atoms with E-state index in [0.29, 0.717) is 5.82 Å². The summed E-state index contributed by atoms with van der Waals surface area (Å²) in [5.41, 5.74) is 0.522. The molecule has 2 rings (SSSR count). The fourth-order valence-electron chi connectivity index (χ4n) is 2.11. The van der Waals surface area contributed by atoms with Crippen LogP contribution in [0.15, 0.2) is 24.7 Å². The van der Waals surface area contributed by atoms with Crippen molar-refractivity contribution in [2.75, 3.05) is 5.32 Å². The predicted octanol–water partition coefficient (Wildman–Crippen LogP) is 2.90. The molecule has 0 spiro atoms. The van der Waals surface area contributed by atoms with Crippen LogP contribution in [0.2, 0.25) is 0 Å². The Balaban J connectivity index is 2.04. The van der Waals surface area contributed by atoms with Gasteiger partial charge in [0, 0.05) is 19.7 Å². The number of nitrogens with zero attached hydrogens (tertiary/aromatic N) is 4. The summed E-state index contributed by atoms with van der Waals surface area (Å²) < 4.78 is 7.13. The standard InChI is InChI=1S/C16H23N5O2/c1-11(8-14-20-18-10-21(14)5)12-6-7-17-13(9-12)19-15(22)23-16(2,3)4/h6-7,9-11H,8H2,1-5H3,(H,17,19,22). The normalized spacial score (nSPS) is 12.7. The molecule has 7 heteroatoms. The van der Waals surface area contributed by atoms with Crippen molar-refractivity contribution in [1.29, 1.82) is 0 Å². The number of hydrogen-bond acceptors (Lipinski definition) is 5. The van der Waals surface area contributed by atoms with Crippen LogP contribution in [0, 0.1) is 0 Å². The Morgan fingerprint density at radius 1 is 1.43 bits per heavy atom. The van der Waals surface area contributed by atoms with Crippen LogP contribution in [0.3, 0.4) is 0 Å². The maximum absolute atomic E-state index is 11.8. The molecule has 0 fully saturated rings. The lowest BCUT2D eigenvalue weighted by Crippen LogP contribution is -2.27. The molecule has 0 radical (unpaired) electrons. The third-order valence-electron chi connectivity index (χ3n) is 3.28. The highest BCUT2D eigenvalue weighted by molar-refractivity contribution is 5.83. The van der Waals surface area contributed by atoms with E-state index in [0.717, 1.165) is 17.8 Å². The van der Waals surface area contributed by atoms with E-state index >= 15 is 0 Å². The lowest BCUT2D eigenvalue weighted by atomic mass is 9.98. The highest BCUT2D eigenvalue weighted by Crippen LogP contribution is 2.21. The molecule has 124 valence electrons. The summed E-state index contributed by atoms with van der Waals surface area (Å²) in [6.07, 6.45) is 3.61. The van der Waals surface area contributed by atoms with Gasteiger partial charge in [0.05, 0.1) is 0 Å². The number of aromatic nitrogens is 4. The first kappa shape index (κ1) is 16.9. The SMILES string of the molecule is CC(Cc1nncn1C)c1ccnc(NC(=O)OC(C)(C)C)c1. The Morgan fingerprint density at radius 3 is 2.78 bits per heavy atom. The van der Waals surface area contributed by atoms with Crippen LogP contribution in [0.1, 0.15) is 45.0 Å². The monoisotopic (exact) mass is 317 g/mol. The van der Waals surface area contributed by atoms with E-state index in [-0.39, 0.29) is 5.92 Å². The number of amides is 1. The van der Waals surface area contributed by atoms with Crippen LogP contribution in [0.4, 0.5) is 10.6 Å². The Hall–Kier alpha value is -2.44. The van der Waals surface area contributed by atoms with E-state index < -0.39 is 11.7 Å². The molecule has 0 saturated heterocycles. The van der Waals surface area contributed by atoms with Crippen LogP contribution in [-0.2, 0) is 18.2 Å². The van der Waals surface area contributed by atoms with E-state index in [1.165, 1.54) is 0 Å². The number of anilines is 1. The molecular formula is C16H23N5O2. The van der Waals surface area contributed by atoms with Crippen LogP contribution in [-0.4, -0.2) is 31.4 Å². The zero-order chi connectivity index (χ0) is 17.0. The van der Waals surface area contributed by atoms with E-state index in [1.54, 1.807) is 12.5 Å². The van der Waals surface area contributed by atoms with Gasteiger partial charge in [-0.15, -0.1) is 10.2 Å². The maximum atomic E-state index is 11.8. The molecule has 23 heavy (non-hydrogen) atoms. The van der Waals surface area contributed by atoms with Gasteiger partial charge in [0.1, 0.15) is 23.6 Å². The summed E-state index contributed by atoms with van der Waals surface area (Å²) in [7, 11) is 1.92. The van der Waals surface area contributed by atoms with Gasteiger partial charge in [-0.3, -0.25) is 5.32 Å². The first-order valence-electron chi connectivity index (χ1n) is 7.53. The average Bonchev–Trinajstić information content (AvgIpc) is 2.82. The lowest BCUT2D eigenvalue weighted by molar-refractivity contribution is 0.0635. The molecule has 0 bridgehead atoms. The molecule has 2 aromatic heterocycles. The van der Waals surface area contributed by atoms with Crippen LogP contribution >= 0.6 is 0 Å². The zero-order valence-corrected chi connectivity index (χ0v) is 14.2. The van der Waals surface area contributed by atoms with Gasteiger partial charge in [-0.2, -0.15) is 0 Å². The van der Waals surface area contributed by atoms with Gasteiger partial charge in [-0.1, -0.05) is 6.92 Å². The van der Waals surface area contributed by atoms with Gasteiger partial charge >= 0.3 is 6.09 Å². The van der Waals surface area contributed by atoms with Crippen LogP contribution < -0.4 is 5.32 Å². The van der Waals surface area contributed by atoms with Crippen molar-refractivity contribution in [2.45, 2.75) is 45.6 Å². The van der Waals surface area contributed by atoms with Crippen molar-refractivity contribution in [1.82, 2.24) is 19.7 Å². The number of pyridine rings is 1. The largest absolute Gasteiger partial charge is 0.444 e. The quantitative estimate of drug-likeness (QED) is 0.937. The topological polar surface area (TPSA) is 81.9 Å². The molecule has 0 aromatic carbocycles. The lowest BCUT2D eigenvalue weighted by Gasteiger charge is -2.19. The van der Waals surface area contributed by atoms with Gasteiger partial charge in [0.15, 0.2) is 0 Å².